The summed E-state index contributed by atoms with van der Waals surface area (Å²) in [5, 5.41) is 24.3. The van der Waals surface area contributed by atoms with Crippen LogP contribution in [0.4, 0.5) is 21.5 Å². The van der Waals surface area contributed by atoms with Crippen molar-refractivity contribution in [2.75, 3.05) is 17.6 Å². The number of azo groups is 1. The number of H-pyrrole nitrogens is 2. The van der Waals surface area contributed by atoms with E-state index in [1.54, 1.807) is 31.2 Å². The van der Waals surface area contributed by atoms with Crippen molar-refractivity contribution >= 4 is 52.6 Å². The lowest BCUT2D eigenvalue weighted by molar-refractivity contribution is -0.115. The number of nitrogen functional groups attached to an aromatic ring is 1. The fraction of sp³-hybridized carbons (Fsp3) is 0.0833. The number of carbonyl (C=O) groups is 2. The number of nitrogens with zero attached hydrogens (tertiary/aromatic N) is 2. The highest BCUT2D eigenvalue weighted by atomic mass is 19.1. The number of hydrogen-bond donors (Lipinski definition) is 6. The first-order valence-electron chi connectivity index (χ1n) is 10.5. The van der Waals surface area contributed by atoms with Crippen molar-refractivity contribution in [2.45, 2.75) is 6.92 Å². The Labute approximate surface area is 198 Å². The molecule has 0 aliphatic rings. The van der Waals surface area contributed by atoms with Crippen LogP contribution in [0.1, 0.15) is 16.1 Å². The van der Waals surface area contributed by atoms with E-state index < -0.39 is 17.6 Å². The number of aromatic nitrogens is 2. The molecule has 2 heterocycles. The highest BCUT2D eigenvalue weighted by Gasteiger charge is 2.15. The Morgan fingerprint density at radius 3 is 2.77 bits per heavy atom. The molecule has 0 spiro atoms. The fourth-order valence-electron chi connectivity index (χ4n) is 3.55. The van der Waals surface area contributed by atoms with E-state index in [2.05, 4.69) is 37.4 Å². The maximum atomic E-state index is 13.6. The zero-order chi connectivity index (χ0) is 25.1. The third-order valence-corrected chi connectivity index (χ3v) is 5.25. The fourth-order valence-corrected chi connectivity index (χ4v) is 3.55. The van der Waals surface area contributed by atoms with Gasteiger partial charge in [0, 0.05) is 16.3 Å². The molecule has 0 bridgehead atoms. The SMILES string of the molecule is C=c1c(C(=O)NCC(=O)Nc2ccccc2N)c(C)[nH]c1=CN=Nc1c(O)[nH]c2ccc(F)cc12. The molecule has 4 rings (SSSR count). The second-order valence-electron chi connectivity index (χ2n) is 7.69. The summed E-state index contributed by atoms with van der Waals surface area (Å²) in [6.45, 7) is 5.32. The summed E-state index contributed by atoms with van der Waals surface area (Å²) in [6, 6.07) is 10.8. The Morgan fingerprint density at radius 2 is 2.00 bits per heavy atom. The van der Waals surface area contributed by atoms with Crippen LogP contribution >= 0.6 is 0 Å². The molecule has 2 aromatic heterocycles. The van der Waals surface area contributed by atoms with Gasteiger partial charge in [0.2, 0.25) is 11.8 Å². The molecule has 35 heavy (non-hydrogen) atoms. The van der Waals surface area contributed by atoms with Crippen LogP contribution in [0.25, 0.3) is 23.7 Å². The largest absolute Gasteiger partial charge is 0.493 e. The lowest BCUT2D eigenvalue weighted by Crippen LogP contribution is -2.36. The lowest BCUT2D eigenvalue weighted by Gasteiger charge is -2.08. The van der Waals surface area contributed by atoms with Crippen LogP contribution < -0.4 is 26.9 Å². The van der Waals surface area contributed by atoms with Gasteiger partial charge in [-0.2, -0.15) is 5.11 Å². The van der Waals surface area contributed by atoms with Crippen LogP contribution in [0, 0.1) is 12.7 Å². The molecule has 178 valence electrons. The van der Waals surface area contributed by atoms with Gasteiger partial charge >= 0.3 is 0 Å². The maximum absolute atomic E-state index is 13.6. The number of fused-ring (bicyclic) bond motifs is 1. The van der Waals surface area contributed by atoms with Gasteiger partial charge < -0.3 is 31.4 Å². The molecule has 7 N–H and O–H groups in total. The predicted octanol–water partition coefficient (Wildman–Crippen LogP) is 2.53. The second kappa shape index (κ2) is 9.51. The number of para-hydroxylation sites is 2. The van der Waals surface area contributed by atoms with E-state index in [4.69, 9.17) is 5.73 Å². The molecule has 0 radical (unpaired) electrons. The summed E-state index contributed by atoms with van der Waals surface area (Å²) in [6.07, 6.45) is 1.33. The molecule has 0 unspecified atom stereocenters. The van der Waals surface area contributed by atoms with Gasteiger partial charge in [0.05, 0.1) is 40.5 Å². The van der Waals surface area contributed by atoms with E-state index in [9.17, 15) is 19.1 Å². The number of aryl methyl sites for hydroxylation is 1. The first-order chi connectivity index (χ1) is 16.7. The first-order valence-corrected chi connectivity index (χ1v) is 10.5. The Bertz CT molecular complexity index is 1590. The number of aromatic hydroxyl groups is 1. The Kier molecular flexibility index (Phi) is 6.32. The quantitative estimate of drug-likeness (QED) is 0.187. The van der Waals surface area contributed by atoms with Crippen LogP contribution in [0.5, 0.6) is 5.88 Å². The van der Waals surface area contributed by atoms with Gasteiger partial charge in [-0.15, -0.1) is 5.11 Å². The molecule has 11 heteroatoms. The van der Waals surface area contributed by atoms with E-state index in [1.807, 2.05) is 0 Å². The number of rotatable bonds is 6. The van der Waals surface area contributed by atoms with Crippen molar-refractivity contribution < 1.29 is 19.1 Å². The van der Waals surface area contributed by atoms with Crippen LogP contribution in [0.2, 0.25) is 0 Å². The standard InChI is InChI=1S/C24H22FN7O3/c1-12-19(10-28-32-22-15-9-14(25)7-8-17(15)31-24(22)35)29-13(2)21(12)23(34)27-11-20(33)30-18-6-4-3-5-16(18)26/h3-10,29,31,35H,1,11,26H2,2H3,(H,27,34)(H,30,33). The summed E-state index contributed by atoms with van der Waals surface area (Å²) in [5.74, 6) is -1.67. The molecule has 2 amide bonds. The van der Waals surface area contributed by atoms with E-state index in [1.165, 1.54) is 24.4 Å². The average Bonchev–Trinajstić information content (AvgIpc) is 3.28. The minimum atomic E-state index is -0.499. The van der Waals surface area contributed by atoms with Gasteiger partial charge in [-0.25, -0.2) is 4.39 Å². The van der Waals surface area contributed by atoms with Crippen molar-refractivity contribution in [3.63, 3.8) is 0 Å². The predicted molar refractivity (Wildman–Crippen MR) is 131 cm³/mol. The Hall–Kier alpha value is -4.93. The molecule has 0 saturated heterocycles. The monoisotopic (exact) mass is 475 g/mol. The summed E-state index contributed by atoms with van der Waals surface area (Å²) in [7, 11) is 0. The Balaban J connectivity index is 1.49. The van der Waals surface area contributed by atoms with Gasteiger partial charge in [-0.1, -0.05) is 18.7 Å². The lowest BCUT2D eigenvalue weighted by atomic mass is 10.2. The summed E-state index contributed by atoms with van der Waals surface area (Å²) >= 11 is 0. The van der Waals surface area contributed by atoms with E-state index in [0.29, 0.717) is 38.5 Å². The smallest absolute Gasteiger partial charge is 0.254 e. The molecule has 0 fully saturated rings. The molecule has 4 aromatic rings. The molecule has 10 nitrogen and oxygen atoms in total. The summed E-state index contributed by atoms with van der Waals surface area (Å²) in [4.78, 5) is 30.6. The minimum absolute atomic E-state index is 0.0765. The average molecular weight is 475 g/mol. The number of nitrogens with one attached hydrogen (secondary N) is 4. The highest BCUT2D eigenvalue weighted by molar-refractivity contribution is 6.01. The van der Waals surface area contributed by atoms with Gasteiger partial charge in [-0.3, -0.25) is 9.59 Å². The summed E-state index contributed by atoms with van der Waals surface area (Å²) in [5.41, 5.74) is 8.02. The van der Waals surface area contributed by atoms with Crippen LogP contribution in [0.15, 0.2) is 52.7 Å². The molecule has 0 atom stereocenters. The number of halogens is 1. The van der Waals surface area contributed by atoms with Crippen LogP contribution in [-0.2, 0) is 4.79 Å². The first kappa shape index (κ1) is 23.2. The minimum Gasteiger partial charge on any atom is -0.493 e. The number of hydrogen-bond acceptors (Lipinski definition) is 6. The van der Waals surface area contributed by atoms with Gasteiger partial charge in [-0.05, 0) is 37.3 Å². The summed E-state index contributed by atoms with van der Waals surface area (Å²) < 4.78 is 13.6. The Morgan fingerprint density at radius 1 is 1.23 bits per heavy atom. The van der Waals surface area contributed by atoms with Crippen LogP contribution in [0.3, 0.4) is 0 Å². The molecule has 0 aliphatic heterocycles. The molecular formula is C24H22FN7O3. The van der Waals surface area contributed by atoms with Gasteiger partial charge in [0.1, 0.15) is 5.82 Å². The van der Waals surface area contributed by atoms with Gasteiger partial charge in [0.25, 0.3) is 5.91 Å². The number of benzene rings is 2. The maximum Gasteiger partial charge on any atom is 0.254 e. The topological polar surface area (TPSA) is 161 Å². The second-order valence-corrected chi connectivity index (χ2v) is 7.69. The number of carbonyl (C=O) groups excluding carboxylic acids is 2. The normalized spacial score (nSPS) is 11.9. The molecule has 0 saturated carbocycles. The molecule has 0 aliphatic carbocycles. The van der Waals surface area contributed by atoms with Crippen LogP contribution in [-0.4, -0.2) is 33.4 Å². The van der Waals surface area contributed by atoms with E-state index in [0.717, 1.165) is 0 Å². The molecule has 2 aromatic carbocycles. The van der Waals surface area contributed by atoms with E-state index >= 15 is 0 Å². The number of amides is 2. The number of anilines is 2. The third-order valence-electron chi connectivity index (χ3n) is 5.25. The molecular weight excluding hydrogens is 453 g/mol. The third kappa shape index (κ3) is 4.88. The van der Waals surface area contributed by atoms with Crippen molar-refractivity contribution in [2.24, 2.45) is 10.2 Å². The number of aromatic amines is 2. The zero-order valence-corrected chi connectivity index (χ0v) is 18.6. The van der Waals surface area contributed by atoms with E-state index in [-0.39, 0.29) is 23.7 Å². The van der Waals surface area contributed by atoms with Crippen molar-refractivity contribution in [1.82, 2.24) is 15.3 Å². The van der Waals surface area contributed by atoms with Crippen molar-refractivity contribution in [3.8, 4) is 5.88 Å². The highest BCUT2D eigenvalue weighted by Crippen LogP contribution is 2.35. The number of nitrogens with two attached hydrogens (primary N) is 1. The van der Waals surface area contributed by atoms with Crippen molar-refractivity contribution in [3.05, 3.63) is 70.1 Å². The van der Waals surface area contributed by atoms with Crippen molar-refractivity contribution in [1.29, 1.82) is 0 Å². The zero-order valence-electron chi connectivity index (χ0n) is 18.6. The van der Waals surface area contributed by atoms with Gasteiger partial charge in [0.15, 0.2) is 5.69 Å².